The molecule has 11 heteroatoms. The second kappa shape index (κ2) is 7.74. The highest BCUT2D eigenvalue weighted by Crippen LogP contribution is 2.32. The van der Waals surface area contributed by atoms with Crippen LogP contribution in [0, 0.1) is 0 Å². The first-order chi connectivity index (χ1) is 14.7. The number of carbonyl (C=O) groups excluding carboxylic acids is 2. The predicted octanol–water partition coefficient (Wildman–Crippen LogP) is 3.49. The Morgan fingerprint density at radius 2 is 1.97 bits per heavy atom. The molecular weight excluding hydrogens is 415 g/mol. The summed E-state index contributed by atoms with van der Waals surface area (Å²) >= 11 is 0. The van der Waals surface area contributed by atoms with Crippen molar-refractivity contribution in [2.24, 2.45) is 0 Å². The van der Waals surface area contributed by atoms with Gasteiger partial charge in [-0.15, -0.1) is 5.10 Å². The summed E-state index contributed by atoms with van der Waals surface area (Å²) in [6, 6.07) is 10.1. The molecule has 0 bridgehead atoms. The van der Waals surface area contributed by atoms with E-state index in [9.17, 15) is 22.8 Å². The van der Waals surface area contributed by atoms with Crippen LogP contribution in [0.3, 0.4) is 0 Å². The van der Waals surface area contributed by atoms with E-state index in [4.69, 9.17) is 4.74 Å². The average Bonchev–Trinajstić information content (AvgIpc) is 3.16. The molecule has 8 nitrogen and oxygen atoms in total. The SMILES string of the molecule is COc1ccc(-c2nc3n(n2)[C@@H](C(=O)Nc2cccc(C(F)(F)F)c2)CC(=O)N3)cc1. The van der Waals surface area contributed by atoms with Crippen molar-refractivity contribution in [1.82, 2.24) is 14.8 Å². The molecule has 1 aromatic heterocycles. The quantitative estimate of drug-likeness (QED) is 0.659. The Kier molecular flexibility index (Phi) is 5.09. The Morgan fingerprint density at radius 1 is 1.23 bits per heavy atom. The van der Waals surface area contributed by atoms with Crippen molar-refractivity contribution in [2.75, 3.05) is 17.7 Å². The Balaban J connectivity index is 1.61. The molecule has 0 saturated heterocycles. The smallest absolute Gasteiger partial charge is 0.416 e. The van der Waals surface area contributed by atoms with E-state index >= 15 is 0 Å². The fraction of sp³-hybridized carbons (Fsp3) is 0.200. The number of benzene rings is 2. The van der Waals surface area contributed by atoms with Gasteiger partial charge in [0.1, 0.15) is 11.8 Å². The number of methoxy groups -OCH3 is 1. The lowest BCUT2D eigenvalue weighted by Crippen LogP contribution is -2.36. The van der Waals surface area contributed by atoms with E-state index in [-0.39, 0.29) is 23.9 Å². The zero-order valence-electron chi connectivity index (χ0n) is 16.1. The first-order valence-corrected chi connectivity index (χ1v) is 9.13. The van der Waals surface area contributed by atoms with Gasteiger partial charge in [-0.25, -0.2) is 4.68 Å². The molecule has 3 aromatic rings. The largest absolute Gasteiger partial charge is 0.497 e. The van der Waals surface area contributed by atoms with Crippen LogP contribution in [0.4, 0.5) is 24.8 Å². The maximum Gasteiger partial charge on any atom is 0.416 e. The van der Waals surface area contributed by atoms with Gasteiger partial charge >= 0.3 is 6.18 Å². The Bertz CT molecular complexity index is 1140. The van der Waals surface area contributed by atoms with Gasteiger partial charge in [0.25, 0.3) is 0 Å². The van der Waals surface area contributed by atoms with Crippen molar-refractivity contribution in [3.63, 3.8) is 0 Å². The van der Waals surface area contributed by atoms with Gasteiger partial charge in [-0.1, -0.05) is 6.07 Å². The summed E-state index contributed by atoms with van der Waals surface area (Å²) in [7, 11) is 1.53. The number of nitrogens with one attached hydrogen (secondary N) is 2. The molecule has 1 aliphatic heterocycles. The molecule has 0 radical (unpaired) electrons. The molecule has 2 N–H and O–H groups in total. The van der Waals surface area contributed by atoms with E-state index in [2.05, 4.69) is 20.7 Å². The molecule has 4 rings (SSSR count). The molecule has 0 unspecified atom stereocenters. The summed E-state index contributed by atoms with van der Waals surface area (Å²) < 4.78 is 45.1. The number of hydrogen-bond donors (Lipinski definition) is 2. The summed E-state index contributed by atoms with van der Waals surface area (Å²) in [5, 5.41) is 9.29. The first kappa shape index (κ1) is 20.4. The zero-order chi connectivity index (χ0) is 22.2. The summed E-state index contributed by atoms with van der Waals surface area (Å²) in [6.07, 6.45) is -4.78. The topological polar surface area (TPSA) is 98.1 Å². The number of hydrogen-bond acceptors (Lipinski definition) is 5. The summed E-state index contributed by atoms with van der Waals surface area (Å²) in [5.41, 5.74) is -0.299. The number of nitrogens with zero attached hydrogens (tertiary/aromatic N) is 3. The zero-order valence-corrected chi connectivity index (χ0v) is 16.1. The molecule has 0 spiro atoms. The number of anilines is 2. The number of fused-ring (bicyclic) bond motifs is 1. The maximum absolute atomic E-state index is 12.9. The lowest BCUT2D eigenvalue weighted by atomic mass is 10.1. The molecule has 2 heterocycles. The van der Waals surface area contributed by atoms with Gasteiger partial charge in [0.15, 0.2) is 5.82 Å². The molecule has 0 saturated carbocycles. The Hall–Kier alpha value is -3.89. The number of ether oxygens (including phenoxy) is 1. The van der Waals surface area contributed by atoms with Gasteiger partial charge in [0.05, 0.1) is 19.1 Å². The molecular formula is C20H16F3N5O3. The minimum absolute atomic E-state index is 0.0390. The third-order valence-electron chi connectivity index (χ3n) is 4.66. The number of carbonyl (C=O) groups is 2. The molecule has 0 fully saturated rings. The maximum atomic E-state index is 12.9. The Labute approximate surface area is 174 Å². The van der Waals surface area contributed by atoms with Crippen molar-refractivity contribution < 1.29 is 27.5 Å². The highest BCUT2D eigenvalue weighted by Gasteiger charge is 2.34. The highest BCUT2D eigenvalue weighted by molar-refractivity contribution is 6.00. The van der Waals surface area contributed by atoms with Gasteiger partial charge in [-0.2, -0.15) is 18.2 Å². The van der Waals surface area contributed by atoms with Crippen molar-refractivity contribution in [2.45, 2.75) is 18.6 Å². The molecule has 1 atom stereocenters. The van der Waals surface area contributed by atoms with E-state index in [1.54, 1.807) is 24.3 Å². The molecule has 31 heavy (non-hydrogen) atoms. The molecule has 0 aliphatic carbocycles. The van der Waals surface area contributed by atoms with Crippen LogP contribution >= 0.6 is 0 Å². The van der Waals surface area contributed by atoms with Crippen LogP contribution in [0.2, 0.25) is 0 Å². The normalized spacial score (nSPS) is 15.7. The van der Waals surface area contributed by atoms with Gasteiger partial charge in [-0.05, 0) is 42.5 Å². The van der Waals surface area contributed by atoms with Crippen LogP contribution in [-0.4, -0.2) is 33.7 Å². The van der Waals surface area contributed by atoms with Crippen molar-refractivity contribution >= 4 is 23.5 Å². The fourth-order valence-electron chi connectivity index (χ4n) is 3.13. The molecule has 2 aromatic carbocycles. The summed E-state index contributed by atoms with van der Waals surface area (Å²) in [6.45, 7) is 0. The second-order valence-electron chi connectivity index (χ2n) is 6.77. The third kappa shape index (κ3) is 4.20. The standard InChI is InChI=1S/C20H16F3N5O3/c1-31-14-7-5-11(6-8-14)17-26-19-25-16(29)10-15(28(19)27-17)18(30)24-13-4-2-3-12(9-13)20(21,22)23/h2-9,15H,10H2,1H3,(H,24,30)(H,25,26,27,29)/t15-/m1/s1. The number of amides is 2. The minimum atomic E-state index is -4.54. The van der Waals surface area contributed by atoms with E-state index in [0.717, 1.165) is 12.1 Å². The number of aromatic nitrogens is 3. The van der Waals surface area contributed by atoms with Crippen LogP contribution < -0.4 is 15.4 Å². The number of halogens is 3. The van der Waals surface area contributed by atoms with Gasteiger partial charge in [-0.3, -0.25) is 14.9 Å². The van der Waals surface area contributed by atoms with Crippen molar-refractivity contribution in [1.29, 1.82) is 0 Å². The molecule has 160 valence electrons. The minimum Gasteiger partial charge on any atom is -0.497 e. The fourth-order valence-corrected chi connectivity index (χ4v) is 3.13. The lowest BCUT2D eigenvalue weighted by Gasteiger charge is -2.22. The van der Waals surface area contributed by atoms with E-state index in [0.29, 0.717) is 11.3 Å². The van der Waals surface area contributed by atoms with Crippen LogP contribution in [0.15, 0.2) is 48.5 Å². The first-order valence-electron chi connectivity index (χ1n) is 9.13. The van der Waals surface area contributed by atoms with Gasteiger partial charge < -0.3 is 10.1 Å². The van der Waals surface area contributed by atoms with E-state index in [1.807, 2.05) is 0 Å². The molecule has 1 aliphatic rings. The van der Waals surface area contributed by atoms with Crippen LogP contribution in [0.5, 0.6) is 5.75 Å². The van der Waals surface area contributed by atoms with Crippen LogP contribution in [0.1, 0.15) is 18.0 Å². The number of alkyl halides is 3. The molecule has 2 amide bonds. The summed E-state index contributed by atoms with van der Waals surface area (Å²) in [5.74, 6) is -0.144. The predicted molar refractivity (Wildman–Crippen MR) is 104 cm³/mol. The average molecular weight is 431 g/mol. The lowest BCUT2D eigenvalue weighted by molar-refractivity contribution is -0.137. The van der Waals surface area contributed by atoms with Gasteiger partial charge in [0.2, 0.25) is 17.8 Å². The Morgan fingerprint density at radius 3 is 2.65 bits per heavy atom. The summed E-state index contributed by atoms with van der Waals surface area (Å²) in [4.78, 5) is 29.1. The highest BCUT2D eigenvalue weighted by atomic mass is 19.4. The monoisotopic (exact) mass is 431 g/mol. The van der Waals surface area contributed by atoms with Crippen LogP contribution in [0.25, 0.3) is 11.4 Å². The van der Waals surface area contributed by atoms with E-state index < -0.39 is 29.6 Å². The third-order valence-corrected chi connectivity index (χ3v) is 4.66. The number of rotatable bonds is 4. The van der Waals surface area contributed by atoms with E-state index in [1.165, 1.54) is 23.9 Å². The van der Waals surface area contributed by atoms with Gasteiger partial charge in [0, 0.05) is 11.3 Å². The van der Waals surface area contributed by atoms with Crippen molar-refractivity contribution in [3.05, 3.63) is 54.1 Å². The van der Waals surface area contributed by atoms with Crippen LogP contribution in [-0.2, 0) is 15.8 Å². The second-order valence-corrected chi connectivity index (χ2v) is 6.77. The van der Waals surface area contributed by atoms with Crippen molar-refractivity contribution in [3.8, 4) is 17.1 Å².